The largest absolute Gasteiger partial charge is 0.496 e. The molecule has 0 saturated heterocycles. The van der Waals surface area contributed by atoms with Crippen LogP contribution < -0.4 is 10.1 Å². The van der Waals surface area contributed by atoms with E-state index in [0.29, 0.717) is 16.9 Å². The number of hydrogen-bond acceptors (Lipinski definition) is 4. The fraction of sp³-hybridized carbons (Fsp3) is 0.364. The van der Waals surface area contributed by atoms with E-state index < -0.39 is 4.92 Å². The molecule has 0 aromatic heterocycles. The van der Waals surface area contributed by atoms with Crippen molar-refractivity contribution in [3.05, 3.63) is 33.4 Å². The average molecular weight is 238 g/mol. The highest BCUT2D eigenvalue weighted by atomic mass is 16.6. The van der Waals surface area contributed by atoms with Crippen LogP contribution in [0.4, 0.5) is 5.69 Å². The Labute approximate surface area is 98.7 Å². The fourth-order valence-corrected chi connectivity index (χ4v) is 1.48. The van der Waals surface area contributed by atoms with Crippen molar-refractivity contribution in [2.24, 2.45) is 0 Å². The molecular weight excluding hydrogens is 224 g/mol. The molecule has 1 N–H and O–H groups in total. The summed E-state index contributed by atoms with van der Waals surface area (Å²) in [5, 5.41) is 13.4. The summed E-state index contributed by atoms with van der Waals surface area (Å²) in [6.07, 6.45) is 0. The van der Waals surface area contributed by atoms with Crippen LogP contribution in [-0.4, -0.2) is 17.9 Å². The summed E-state index contributed by atoms with van der Waals surface area (Å²) in [6.45, 7) is 3.34. The lowest BCUT2D eigenvalue weighted by molar-refractivity contribution is -0.385. The minimum atomic E-state index is -0.458. The number of ether oxygens (including phenoxy) is 1. The Hall–Kier alpha value is -2.11. The van der Waals surface area contributed by atoms with Gasteiger partial charge in [0, 0.05) is 24.6 Å². The third-order valence-electron chi connectivity index (χ3n) is 2.32. The lowest BCUT2D eigenvalue weighted by atomic mass is 10.1. The van der Waals surface area contributed by atoms with E-state index in [9.17, 15) is 14.9 Å². The summed E-state index contributed by atoms with van der Waals surface area (Å²) < 4.78 is 5.07. The van der Waals surface area contributed by atoms with E-state index in [2.05, 4.69) is 5.32 Å². The van der Waals surface area contributed by atoms with Gasteiger partial charge < -0.3 is 10.1 Å². The van der Waals surface area contributed by atoms with E-state index in [0.717, 1.165) is 0 Å². The molecule has 0 unspecified atom stereocenters. The van der Waals surface area contributed by atoms with Crippen LogP contribution in [0.15, 0.2) is 12.1 Å². The quantitative estimate of drug-likeness (QED) is 0.637. The van der Waals surface area contributed by atoms with Gasteiger partial charge in [-0.25, -0.2) is 0 Å². The molecule has 0 fully saturated rings. The number of nitro groups is 1. The summed E-state index contributed by atoms with van der Waals surface area (Å²) in [6, 6.07) is 3.01. The number of hydrogen-bond donors (Lipinski definition) is 1. The fourth-order valence-electron chi connectivity index (χ4n) is 1.48. The van der Waals surface area contributed by atoms with Crippen LogP contribution >= 0.6 is 0 Å². The topological polar surface area (TPSA) is 81.5 Å². The van der Waals surface area contributed by atoms with Gasteiger partial charge in [-0.1, -0.05) is 0 Å². The molecule has 0 radical (unpaired) electrons. The second-order valence-corrected chi connectivity index (χ2v) is 3.62. The summed E-state index contributed by atoms with van der Waals surface area (Å²) in [5.74, 6) is 0.235. The summed E-state index contributed by atoms with van der Waals surface area (Å²) in [5.41, 5.74) is 1.26. The lowest BCUT2D eigenvalue weighted by Gasteiger charge is -2.10. The molecule has 0 saturated carbocycles. The molecule has 1 aromatic rings. The van der Waals surface area contributed by atoms with Gasteiger partial charge in [-0.3, -0.25) is 14.9 Å². The highest BCUT2D eigenvalue weighted by Crippen LogP contribution is 2.28. The van der Waals surface area contributed by atoms with Crippen molar-refractivity contribution in [2.75, 3.05) is 7.11 Å². The molecular formula is C11H14N2O4. The van der Waals surface area contributed by atoms with Crippen molar-refractivity contribution >= 4 is 11.6 Å². The minimum Gasteiger partial charge on any atom is -0.496 e. The predicted octanol–water partition coefficient (Wildman–Crippen LogP) is 1.55. The molecule has 1 aromatic carbocycles. The number of amides is 1. The lowest BCUT2D eigenvalue weighted by Crippen LogP contribution is -2.19. The normalized spacial score (nSPS) is 9.82. The van der Waals surface area contributed by atoms with E-state index in [-0.39, 0.29) is 18.1 Å². The zero-order valence-corrected chi connectivity index (χ0v) is 9.94. The first kappa shape index (κ1) is 13.0. The van der Waals surface area contributed by atoms with Gasteiger partial charge in [-0.05, 0) is 13.0 Å². The Bertz CT molecular complexity index is 457. The van der Waals surface area contributed by atoms with Crippen molar-refractivity contribution in [1.29, 1.82) is 0 Å². The zero-order valence-electron chi connectivity index (χ0n) is 9.94. The van der Waals surface area contributed by atoms with Crippen LogP contribution in [0.5, 0.6) is 5.75 Å². The highest BCUT2D eigenvalue weighted by Gasteiger charge is 2.15. The maximum atomic E-state index is 10.8. The average Bonchev–Trinajstić information content (AvgIpc) is 2.25. The number of rotatable bonds is 4. The van der Waals surface area contributed by atoms with Crippen LogP contribution in [0.3, 0.4) is 0 Å². The van der Waals surface area contributed by atoms with E-state index in [1.807, 2.05) is 0 Å². The van der Waals surface area contributed by atoms with E-state index in [1.54, 1.807) is 13.0 Å². The molecule has 0 bridgehead atoms. The smallest absolute Gasteiger partial charge is 0.276 e. The first-order valence-electron chi connectivity index (χ1n) is 5.02. The van der Waals surface area contributed by atoms with Crippen molar-refractivity contribution < 1.29 is 14.5 Å². The third kappa shape index (κ3) is 3.17. The van der Waals surface area contributed by atoms with Crippen molar-refractivity contribution in [2.45, 2.75) is 20.4 Å². The Balaban J connectivity index is 3.09. The number of benzene rings is 1. The van der Waals surface area contributed by atoms with Crippen molar-refractivity contribution in [3.8, 4) is 5.75 Å². The summed E-state index contributed by atoms with van der Waals surface area (Å²) in [7, 11) is 1.44. The number of nitro benzene ring substituents is 1. The van der Waals surface area contributed by atoms with Crippen molar-refractivity contribution in [1.82, 2.24) is 5.32 Å². The molecule has 0 aliphatic rings. The minimum absolute atomic E-state index is 0.00780. The van der Waals surface area contributed by atoms with E-state index in [1.165, 1.54) is 20.1 Å². The second-order valence-electron chi connectivity index (χ2n) is 3.62. The molecule has 1 rings (SSSR count). The summed E-state index contributed by atoms with van der Waals surface area (Å²) in [4.78, 5) is 21.1. The Morgan fingerprint density at radius 1 is 1.53 bits per heavy atom. The second kappa shape index (κ2) is 5.29. The van der Waals surface area contributed by atoms with Gasteiger partial charge in [0.2, 0.25) is 5.91 Å². The SMILES string of the molecule is COc1cc([N+](=O)[O-])c(C)cc1CNC(C)=O. The predicted molar refractivity (Wildman–Crippen MR) is 61.9 cm³/mol. The van der Waals surface area contributed by atoms with E-state index in [4.69, 9.17) is 4.74 Å². The molecule has 92 valence electrons. The van der Waals surface area contributed by atoms with Crippen LogP contribution in [0.2, 0.25) is 0 Å². The van der Waals surface area contributed by atoms with Gasteiger partial charge in [0.05, 0.1) is 18.1 Å². The van der Waals surface area contributed by atoms with Crippen LogP contribution in [0.1, 0.15) is 18.1 Å². The number of nitrogens with one attached hydrogen (secondary N) is 1. The first-order valence-corrected chi connectivity index (χ1v) is 5.02. The van der Waals surface area contributed by atoms with Gasteiger partial charge in [0.15, 0.2) is 0 Å². The van der Waals surface area contributed by atoms with Gasteiger partial charge in [-0.15, -0.1) is 0 Å². The number of aryl methyl sites for hydroxylation is 1. The monoisotopic (exact) mass is 238 g/mol. The number of carbonyl (C=O) groups is 1. The number of carbonyl (C=O) groups excluding carboxylic acids is 1. The standard InChI is InChI=1S/C11H14N2O4/c1-7-4-9(6-12-8(2)14)11(17-3)5-10(7)13(15)16/h4-5H,6H2,1-3H3,(H,12,14). The number of methoxy groups -OCH3 is 1. The Kier molecular flexibility index (Phi) is 4.03. The zero-order chi connectivity index (χ0) is 13.0. The number of nitrogens with zero attached hydrogens (tertiary/aromatic N) is 1. The first-order chi connectivity index (χ1) is 7.95. The Morgan fingerprint density at radius 2 is 2.18 bits per heavy atom. The molecule has 6 heteroatoms. The molecule has 0 heterocycles. The van der Waals surface area contributed by atoms with Crippen LogP contribution in [0, 0.1) is 17.0 Å². The maximum Gasteiger partial charge on any atom is 0.276 e. The molecule has 17 heavy (non-hydrogen) atoms. The van der Waals surface area contributed by atoms with Gasteiger partial charge >= 0.3 is 0 Å². The van der Waals surface area contributed by atoms with Gasteiger partial charge in [0.25, 0.3) is 5.69 Å². The summed E-state index contributed by atoms with van der Waals surface area (Å²) >= 11 is 0. The van der Waals surface area contributed by atoms with E-state index >= 15 is 0 Å². The highest BCUT2D eigenvalue weighted by molar-refractivity contribution is 5.73. The van der Waals surface area contributed by atoms with Gasteiger partial charge in [0.1, 0.15) is 5.75 Å². The molecule has 0 aliphatic carbocycles. The van der Waals surface area contributed by atoms with Gasteiger partial charge in [-0.2, -0.15) is 0 Å². The molecule has 6 nitrogen and oxygen atoms in total. The molecule has 0 atom stereocenters. The third-order valence-corrected chi connectivity index (χ3v) is 2.32. The van der Waals surface area contributed by atoms with Crippen LogP contribution in [-0.2, 0) is 11.3 Å². The molecule has 0 aliphatic heterocycles. The van der Waals surface area contributed by atoms with Crippen LogP contribution in [0.25, 0.3) is 0 Å². The van der Waals surface area contributed by atoms with Crippen molar-refractivity contribution in [3.63, 3.8) is 0 Å². The Morgan fingerprint density at radius 3 is 2.65 bits per heavy atom. The molecule has 1 amide bonds. The maximum absolute atomic E-state index is 10.8. The molecule has 0 spiro atoms.